The Kier molecular flexibility index (Phi) is 6.34. The summed E-state index contributed by atoms with van der Waals surface area (Å²) >= 11 is 0. The molecule has 0 fully saturated rings. The summed E-state index contributed by atoms with van der Waals surface area (Å²) in [7, 11) is 3.48. The van der Waals surface area contributed by atoms with Gasteiger partial charge in [-0.15, -0.1) is 0 Å². The Morgan fingerprint density at radius 1 is 1.15 bits per heavy atom. The first-order valence-electron chi connectivity index (χ1n) is 8.81. The molecule has 0 N–H and O–H groups in total. The van der Waals surface area contributed by atoms with Crippen molar-refractivity contribution >= 4 is 22.4 Å². The van der Waals surface area contributed by atoms with E-state index in [0.29, 0.717) is 17.7 Å². The number of nitrogens with zero attached hydrogens (tertiary/aromatic N) is 2. The fraction of sp³-hybridized carbons (Fsp3) is 0.286. The number of nitro benzene ring substituents is 1. The molecule has 0 atom stereocenters. The number of benzene rings is 2. The molecule has 0 aliphatic carbocycles. The Balaban J connectivity index is 0.00000126. The third-order valence-electron chi connectivity index (χ3n) is 4.34. The molecule has 0 saturated carbocycles. The van der Waals surface area contributed by atoms with Gasteiger partial charge >= 0.3 is 0 Å². The van der Waals surface area contributed by atoms with Crippen LogP contribution in [0.4, 0.5) is 5.69 Å². The van der Waals surface area contributed by atoms with Crippen LogP contribution < -0.4 is 4.74 Å². The topological polar surface area (TPSA) is 74.4 Å². The van der Waals surface area contributed by atoms with Gasteiger partial charge in [0.05, 0.1) is 12.0 Å². The fourth-order valence-corrected chi connectivity index (χ4v) is 3.03. The number of ketones is 1. The highest BCUT2D eigenvalue weighted by atomic mass is 16.6. The van der Waals surface area contributed by atoms with E-state index in [0.717, 1.165) is 22.0 Å². The van der Waals surface area contributed by atoms with Crippen molar-refractivity contribution in [1.82, 2.24) is 4.57 Å². The zero-order valence-electron chi connectivity index (χ0n) is 16.3. The number of aryl methyl sites for hydroxylation is 1. The summed E-state index contributed by atoms with van der Waals surface area (Å²) in [6.45, 7) is 5.51. The molecule has 0 radical (unpaired) electrons. The lowest BCUT2D eigenvalue weighted by atomic mass is 10.0. The molecule has 3 aromatic rings. The molecule has 0 aliphatic heterocycles. The number of aromatic nitrogens is 1. The van der Waals surface area contributed by atoms with Gasteiger partial charge in [-0.2, -0.15) is 0 Å². The van der Waals surface area contributed by atoms with Crippen molar-refractivity contribution in [2.75, 3.05) is 7.11 Å². The lowest BCUT2D eigenvalue weighted by Gasteiger charge is -2.09. The smallest absolute Gasteiger partial charge is 0.270 e. The lowest BCUT2D eigenvalue weighted by Crippen LogP contribution is -1.98. The molecule has 142 valence electrons. The number of hydrogen-bond donors (Lipinski definition) is 0. The minimum atomic E-state index is -0.390. The van der Waals surface area contributed by atoms with E-state index >= 15 is 0 Å². The van der Waals surface area contributed by atoms with Crippen molar-refractivity contribution in [3.8, 4) is 5.75 Å². The molecule has 0 amide bonds. The molecule has 0 unspecified atom stereocenters. The summed E-state index contributed by atoms with van der Waals surface area (Å²) in [5.41, 5.74) is 3.48. The zero-order valence-corrected chi connectivity index (χ0v) is 16.3. The van der Waals surface area contributed by atoms with Gasteiger partial charge in [0.25, 0.3) is 5.69 Å². The van der Waals surface area contributed by atoms with Crippen LogP contribution in [-0.4, -0.2) is 22.4 Å². The van der Waals surface area contributed by atoms with E-state index in [-0.39, 0.29) is 11.5 Å². The number of carbonyl (C=O) groups is 1. The molecule has 3 rings (SSSR count). The Bertz CT molecular complexity index is 989. The molecule has 6 nitrogen and oxygen atoms in total. The molecule has 0 bridgehead atoms. The van der Waals surface area contributed by atoms with Crippen LogP contribution in [0.2, 0.25) is 0 Å². The van der Waals surface area contributed by atoms with Crippen molar-refractivity contribution in [3.63, 3.8) is 0 Å². The van der Waals surface area contributed by atoms with Crippen LogP contribution in [0.25, 0.3) is 10.9 Å². The van der Waals surface area contributed by atoms with Gasteiger partial charge in [-0.3, -0.25) is 14.9 Å². The normalized spacial score (nSPS) is 10.3. The van der Waals surface area contributed by atoms with E-state index in [1.807, 2.05) is 37.7 Å². The number of hydrogen-bond acceptors (Lipinski definition) is 4. The van der Waals surface area contributed by atoms with Crippen LogP contribution in [0.15, 0.2) is 42.6 Å². The maximum absolute atomic E-state index is 11.5. The number of nitro groups is 1. The largest absolute Gasteiger partial charge is 0.496 e. The number of Topliss-reactive ketones (excluding diaryl/α,β-unsaturated/α-hetero) is 1. The van der Waals surface area contributed by atoms with Crippen LogP contribution in [0, 0.1) is 10.1 Å². The lowest BCUT2D eigenvalue weighted by molar-refractivity contribution is -0.384. The van der Waals surface area contributed by atoms with Crippen LogP contribution in [0.1, 0.15) is 42.3 Å². The highest BCUT2D eigenvalue weighted by Crippen LogP contribution is 2.30. The number of fused-ring (bicyclic) bond motifs is 1. The molecule has 0 aliphatic rings. The van der Waals surface area contributed by atoms with Crippen molar-refractivity contribution in [3.05, 3.63) is 69.4 Å². The first kappa shape index (κ1) is 20.2. The van der Waals surface area contributed by atoms with Crippen molar-refractivity contribution in [2.45, 2.75) is 27.2 Å². The monoisotopic (exact) mass is 368 g/mol. The van der Waals surface area contributed by atoms with E-state index in [4.69, 9.17) is 4.74 Å². The first-order valence-corrected chi connectivity index (χ1v) is 8.81. The van der Waals surface area contributed by atoms with Crippen molar-refractivity contribution in [2.24, 2.45) is 7.05 Å². The summed E-state index contributed by atoms with van der Waals surface area (Å²) < 4.78 is 7.37. The predicted octanol–water partition coefficient (Wildman–Crippen LogP) is 4.91. The molecule has 6 heteroatoms. The molecule has 1 heterocycles. The van der Waals surface area contributed by atoms with Gasteiger partial charge in [0.2, 0.25) is 0 Å². The second-order valence-corrected chi connectivity index (χ2v) is 5.98. The van der Waals surface area contributed by atoms with Crippen molar-refractivity contribution < 1.29 is 14.5 Å². The number of carbonyl (C=O) groups excluding carboxylic acids is 1. The summed E-state index contributed by atoms with van der Waals surface area (Å²) in [4.78, 5) is 22.2. The van der Waals surface area contributed by atoms with Gasteiger partial charge in [-0.1, -0.05) is 26.0 Å². The summed E-state index contributed by atoms with van der Waals surface area (Å²) in [5, 5.41) is 11.9. The van der Waals surface area contributed by atoms with E-state index in [1.54, 1.807) is 31.4 Å². The van der Waals surface area contributed by atoms with Crippen LogP contribution in [0.5, 0.6) is 5.75 Å². The average Bonchev–Trinajstić information content (AvgIpc) is 2.98. The van der Waals surface area contributed by atoms with Crippen LogP contribution in [-0.2, 0) is 13.5 Å². The zero-order chi connectivity index (χ0) is 20.1. The maximum atomic E-state index is 11.5. The number of ether oxygens (including phenoxy) is 1. The summed E-state index contributed by atoms with van der Waals surface area (Å²) in [5.74, 6) is 0.612. The Hall–Kier alpha value is -3.15. The number of methoxy groups -OCH3 is 1. The van der Waals surface area contributed by atoms with E-state index < -0.39 is 4.92 Å². The molecule has 0 spiro atoms. The Labute approximate surface area is 158 Å². The number of non-ortho nitro benzene ring substituents is 1. The Morgan fingerprint density at radius 2 is 1.85 bits per heavy atom. The van der Waals surface area contributed by atoms with Gasteiger partial charge in [-0.05, 0) is 30.2 Å². The van der Waals surface area contributed by atoms with Gasteiger partial charge in [0.1, 0.15) is 5.75 Å². The van der Waals surface area contributed by atoms with Gasteiger partial charge < -0.3 is 9.30 Å². The summed E-state index contributed by atoms with van der Waals surface area (Å²) in [6.07, 6.45) is 2.52. The highest BCUT2D eigenvalue weighted by molar-refractivity contribution is 5.94. The molecular weight excluding hydrogens is 344 g/mol. The standard InChI is InChI=1S/C19H18N2O4.C2H6/c1-12(22)13-4-5-14(19(9-13)25-3)8-15-11-20(2)18-7-6-16(21(23)24)10-17(15)18;1-2/h4-7,9-11H,8H2,1-3H3;1-2H3. The average molecular weight is 368 g/mol. The van der Waals surface area contributed by atoms with Crippen LogP contribution >= 0.6 is 0 Å². The third kappa shape index (κ3) is 4.16. The highest BCUT2D eigenvalue weighted by Gasteiger charge is 2.15. The quantitative estimate of drug-likeness (QED) is 0.364. The van der Waals surface area contributed by atoms with Gasteiger partial charge in [-0.25, -0.2) is 0 Å². The maximum Gasteiger partial charge on any atom is 0.270 e. The van der Waals surface area contributed by atoms with Gasteiger partial charge in [0, 0.05) is 48.3 Å². The first-order chi connectivity index (χ1) is 12.9. The van der Waals surface area contributed by atoms with Crippen molar-refractivity contribution in [1.29, 1.82) is 0 Å². The number of rotatable bonds is 5. The van der Waals surface area contributed by atoms with Gasteiger partial charge in [0.15, 0.2) is 5.78 Å². The van der Waals surface area contributed by atoms with E-state index in [2.05, 4.69) is 0 Å². The Morgan fingerprint density at radius 3 is 2.44 bits per heavy atom. The second-order valence-electron chi connectivity index (χ2n) is 5.98. The molecule has 2 aromatic carbocycles. The third-order valence-corrected chi connectivity index (χ3v) is 4.34. The second kappa shape index (κ2) is 8.49. The molecule has 1 aromatic heterocycles. The molecular formula is C21H24N2O4. The van der Waals surface area contributed by atoms with E-state index in [1.165, 1.54) is 13.0 Å². The minimum Gasteiger partial charge on any atom is -0.496 e. The minimum absolute atomic E-state index is 0.0226. The fourth-order valence-electron chi connectivity index (χ4n) is 3.03. The molecule has 0 saturated heterocycles. The molecule has 27 heavy (non-hydrogen) atoms. The summed E-state index contributed by atoms with van der Waals surface area (Å²) in [6, 6.07) is 10.2. The SMILES string of the molecule is CC.COc1cc(C(C)=O)ccc1Cc1cn(C)c2ccc([N+](=O)[O-])cc12. The van der Waals surface area contributed by atoms with E-state index in [9.17, 15) is 14.9 Å². The van der Waals surface area contributed by atoms with Crippen LogP contribution in [0.3, 0.4) is 0 Å². The predicted molar refractivity (Wildman–Crippen MR) is 107 cm³/mol.